The SMILES string of the molecule is C#CCOCCOCCOCCOCCOCCOCCOCCOCCNS(=O)(=O)c1ccc(-c2c3ccc(=[N+](CC)CC)cc-3oc3cc(N(CC)CC)ccc23)c(S(=O)(=O)O)c1. The van der Waals surface area contributed by atoms with Gasteiger partial charge in [0.25, 0.3) is 10.1 Å². The fourth-order valence-electron chi connectivity index (χ4n) is 6.82. The van der Waals surface area contributed by atoms with Crippen molar-refractivity contribution in [3.05, 3.63) is 60.0 Å². The van der Waals surface area contributed by atoms with Crippen LogP contribution < -0.4 is 19.6 Å². The number of anilines is 1. The molecule has 0 saturated heterocycles. The molecule has 19 heteroatoms. The molecule has 0 radical (unpaired) electrons. The Balaban J connectivity index is 1.22. The number of benzene rings is 3. The number of hydrogen-bond acceptors (Lipinski definition) is 14. The Bertz CT molecular complexity index is 2340. The van der Waals surface area contributed by atoms with E-state index in [9.17, 15) is 21.4 Å². The molecule has 1 aliphatic carbocycles. The van der Waals surface area contributed by atoms with E-state index < -0.39 is 25.0 Å². The van der Waals surface area contributed by atoms with E-state index in [1.165, 1.54) is 12.1 Å². The summed E-state index contributed by atoms with van der Waals surface area (Å²) in [7, 11) is -9.14. The van der Waals surface area contributed by atoms with Crippen molar-refractivity contribution in [3.8, 4) is 34.8 Å². The summed E-state index contributed by atoms with van der Waals surface area (Å²) in [6, 6.07) is 15.1. The summed E-state index contributed by atoms with van der Waals surface area (Å²) in [6.45, 7) is 17.2. The predicted molar refractivity (Wildman–Crippen MR) is 249 cm³/mol. The van der Waals surface area contributed by atoms with Gasteiger partial charge in [0.05, 0.1) is 110 Å². The molecule has 2 N–H and O–H groups in total. The molecule has 0 spiro atoms. The number of fused-ring (bicyclic) bond motifs is 2. The average molecular weight is 949 g/mol. The number of nitrogens with zero attached hydrogens (tertiary/aromatic N) is 2. The standard InChI is InChI=1S/C46H65N3O14S2/c1-6-18-55-20-22-57-24-26-59-28-30-61-32-33-62-31-29-60-27-25-58-23-21-56-19-17-47-64(50,51)39-13-16-42(45(36-39)65(52,53)54)46-40-14-11-37(48(7-2)8-3)34-43(40)63-44-35-38(12-15-41(44)46)49(9-4)10-5/h1,11-16,34-36,47H,7-10,17-33H2,2-5H3/p+1. The van der Waals surface area contributed by atoms with E-state index in [4.69, 9.17) is 48.7 Å². The molecule has 0 bridgehead atoms. The molecule has 0 aromatic heterocycles. The van der Waals surface area contributed by atoms with Crippen molar-refractivity contribution < 1.29 is 63.7 Å². The molecule has 2 aromatic carbocycles. The lowest BCUT2D eigenvalue weighted by molar-refractivity contribution is -0.0223. The third kappa shape index (κ3) is 17.3. The van der Waals surface area contributed by atoms with Gasteiger partial charge in [-0.1, -0.05) is 12.0 Å². The summed E-state index contributed by atoms with van der Waals surface area (Å²) in [5, 5.41) is 1.52. The van der Waals surface area contributed by atoms with Gasteiger partial charge in [-0.05, 0) is 58.0 Å². The van der Waals surface area contributed by atoms with Gasteiger partial charge in [0.15, 0.2) is 0 Å². The van der Waals surface area contributed by atoms with Crippen LogP contribution in [0.3, 0.4) is 0 Å². The Kier molecular flexibility index (Phi) is 23.8. The van der Waals surface area contributed by atoms with Crippen molar-refractivity contribution >= 4 is 36.8 Å². The molecule has 17 nitrogen and oxygen atoms in total. The maximum Gasteiger partial charge on any atom is 0.295 e. The third-order valence-corrected chi connectivity index (χ3v) is 12.4. The Morgan fingerprint density at radius 1 is 0.646 bits per heavy atom. The lowest BCUT2D eigenvalue weighted by atomic mass is 9.93. The Labute approximate surface area is 384 Å². The molecule has 0 fully saturated rings. The van der Waals surface area contributed by atoms with Gasteiger partial charge >= 0.3 is 0 Å². The quantitative estimate of drug-likeness (QED) is 0.0223. The average Bonchev–Trinajstić information content (AvgIpc) is 3.29. The van der Waals surface area contributed by atoms with Crippen LogP contribution in [0.15, 0.2) is 68.8 Å². The van der Waals surface area contributed by atoms with Crippen LogP contribution in [0, 0.1) is 12.3 Å². The maximum absolute atomic E-state index is 13.4. The van der Waals surface area contributed by atoms with Crippen molar-refractivity contribution in [2.24, 2.45) is 0 Å². The highest BCUT2D eigenvalue weighted by atomic mass is 32.2. The third-order valence-electron chi connectivity index (χ3n) is 10.1. The zero-order chi connectivity index (χ0) is 46.9. The second-order valence-corrected chi connectivity index (χ2v) is 17.4. The van der Waals surface area contributed by atoms with Gasteiger partial charge in [0.2, 0.25) is 15.4 Å². The normalized spacial score (nSPS) is 12.0. The molecular formula is C46H66N3O14S2+. The lowest BCUT2D eigenvalue weighted by Gasteiger charge is -2.22. The minimum Gasteiger partial charge on any atom is -0.456 e. The van der Waals surface area contributed by atoms with Crippen molar-refractivity contribution in [3.63, 3.8) is 0 Å². The largest absolute Gasteiger partial charge is 0.456 e. The van der Waals surface area contributed by atoms with Crippen molar-refractivity contribution in [1.29, 1.82) is 0 Å². The van der Waals surface area contributed by atoms with Crippen molar-refractivity contribution in [2.45, 2.75) is 37.5 Å². The number of terminal acetylenes is 1. The van der Waals surface area contributed by atoms with E-state index >= 15 is 0 Å². The zero-order valence-corrected chi connectivity index (χ0v) is 39.7. The van der Waals surface area contributed by atoms with Crippen molar-refractivity contribution in [1.82, 2.24) is 9.30 Å². The molecule has 1 aliphatic heterocycles. The molecule has 2 aliphatic rings. The van der Waals surface area contributed by atoms with Gasteiger partial charge < -0.3 is 47.2 Å². The summed E-state index contributed by atoms with van der Waals surface area (Å²) in [5.41, 5.74) is 2.63. The first-order valence-corrected chi connectivity index (χ1v) is 24.9. The predicted octanol–water partition coefficient (Wildman–Crippen LogP) is 4.15. The van der Waals surface area contributed by atoms with Crippen LogP contribution in [0.4, 0.5) is 5.69 Å². The Morgan fingerprint density at radius 2 is 1.15 bits per heavy atom. The van der Waals surface area contributed by atoms with E-state index in [1.54, 1.807) is 0 Å². The number of sulfonamides is 1. The molecule has 360 valence electrons. The van der Waals surface area contributed by atoms with Gasteiger partial charge in [-0.15, -0.1) is 6.42 Å². The molecule has 0 unspecified atom stereocenters. The minimum absolute atomic E-state index is 0.0344. The van der Waals surface area contributed by atoms with Crippen molar-refractivity contribution in [2.75, 3.05) is 143 Å². The monoisotopic (exact) mass is 948 g/mol. The summed E-state index contributed by atoms with van der Waals surface area (Å²) >= 11 is 0. The molecule has 2 aromatic rings. The van der Waals surface area contributed by atoms with Crippen LogP contribution in [-0.4, -0.2) is 160 Å². The number of nitrogens with one attached hydrogen (secondary N) is 1. The molecule has 65 heavy (non-hydrogen) atoms. The van der Waals surface area contributed by atoms with E-state index in [1.807, 2.05) is 36.4 Å². The summed E-state index contributed by atoms with van der Waals surface area (Å²) in [4.78, 5) is 1.28. The number of rotatable bonds is 34. The molecule has 1 heterocycles. The van der Waals surface area contributed by atoms with Crippen LogP contribution in [-0.2, 0) is 58.0 Å². The highest BCUT2D eigenvalue weighted by molar-refractivity contribution is 7.89. The Hall–Kier alpha value is -4.01. The van der Waals surface area contributed by atoms with Crippen LogP contribution in [0.1, 0.15) is 27.7 Å². The maximum atomic E-state index is 13.4. The van der Waals surface area contributed by atoms with Gasteiger partial charge in [0, 0.05) is 59.5 Å². The fourth-order valence-corrected chi connectivity index (χ4v) is 8.66. The number of ether oxygens (including phenoxy) is 8. The minimum atomic E-state index is -4.93. The topological polar surface area (TPSA) is 194 Å². The lowest BCUT2D eigenvalue weighted by Crippen LogP contribution is -2.29. The smallest absolute Gasteiger partial charge is 0.295 e. The molecule has 0 saturated carbocycles. The van der Waals surface area contributed by atoms with E-state index in [-0.39, 0.29) is 43.4 Å². The molecule has 0 amide bonds. The zero-order valence-electron chi connectivity index (χ0n) is 38.1. The summed E-state index contributed by atoms with van der Waals surface area (Å²) in [6.07, 6.45) is 5.10. The first-order chi connectivity index (χ1) is 31.5. The van der Waals surface area contributed by atoms with Crippen LogP contribution in [0.25, 0.3) is 33.4 Å². The summed E-state index contributed by atoms with van der Waals surface area (Å²) < 4.78 is 118. The van der Waals surface area contributed by atoms with Crippen LogP contribution in [0.2, 0.25) is 0 Å². The number of hydrogen-bond donors (Lipinski definition) is 2. The van der Waals surface area contributed by atoms with Gasteiger partial charge in [0.1, 0.15) is 35.9 Å². The van der Waals surface area contributed by atoms with E-state index in [0.717, 1.165) is 43.3 Å². The Morgan fingerprint density at radius 3 is 1.65 bits per heavy atom. The second-order valence-electron chi connectivity index (χ2n) is 14.3. The van der Waals surface area contributed by atoms with E-state index in [0.29, 0.717) is 107 Å². The summed E-state index contributed by atoms with van der Waals surface area (Å²) in [5.74, 6) is 2.89. The van der Waals surface area contributed by atoms with E-state index in [2.05, 4.69) is 47.8 Å². The highest BCUT2D eigenvalue weighted by Gasteiger charge is 2.27. The highest BCUT2D eigenvalue weighted by Crippen LogP contribution is 2.43. The van der Waals surface area contributed by atoms with Gasteiger partial charge in [-0.25, -0.2) is 17.7 Å². The second kappa shape index (κ2) is 28.9. The van der Waals surface area contributed by atoms with Gasteiger partial charge in [-0.3, -0.25) is 4.55 Å². The molecule has 0 atom stereocenters. The first-order valence-electron chi connectivity index (χ1n) is 22.0. The van der Waals surface area contributed by atoms with Crippen LogP contribution >= 0.6 is 0 Å². The molecular weight excluding hydrogens is 883 g/mol. The molecule has 4 rings (SSSR count). The van der Waals surface area contributed by atoms with Crippen LogP contribution in [0.5, 0.6) is 0 Å². The fraction of sp³-hybridized carbons (Fsp3) is 0.543. The first kappa shape index (κ1) is 53.6. The van der Waals surface area contributed by atoms with Gasteiger partial charge in [-0.2, -0.15) is 8.42 Å².